The van der Waals surface area contributed by atoms with Crippen LogP contribution < -0.4 is 10.5 Å². The number of hydrogen-bond donors (Lipinski definition) is 2. The Morgan fingerprint density at radius 2 is 1.89 bits per heavy atom. The first kappa shape index (κ1) is 23.4. The molecule has 0 spiro atoms. The zero-order valence-electron chi connectivity index (χ0n) is 20.1. The average molecular weight is 481 g/mol. The number of hydrogen-bond acceptors (Lipinski definition) is 5. The first-order valence-corrected chi connectivity index (χ1v) is 12.1. The Balaban J connectivity index is 1.56. The van der Waals surface area contributed by atoms with Gasteiger partial charge in [-0.3, -0.25) is 9.48 Å². The summed E-state index contributed by atoms with van der Waals surface area (Å²) in [6, 6.07) is 21.7. The number of pyridine rings is 1. The lowest BCUT2D eigenvalue weighted by molar-refractivity contribution is -0.136. The van der Waals surface area contributed by atoms with Gasteiger partial charge in [-0.05, 0) is 47.2 Å². The molecule has 0 bridgehead atoms. The molecule has 5 aromatic rings. The van der Waals surface area contributed by atoms with Crippen LogP contribution in [0.15, 0.2) is 72.9 Å². The third-order valence-corrected chi connectivity index (χ3v) is 6.38. The molecule has 3 aromatic carbocycles. The summed E-state index contributed by atoms with van der Waals surface area (Å²) in [5.41, 5.74) is 10.8. The monoisotopic (exact) mass is 480 g/mol. The van der Waals surface area contributed by atoms with Gasteiger partial charge in [0.25, 0.3) is 0 Å². The van der Waals surface area contributed by atoms with Gasteiger partial charge in [0.05, 0.1) is 11.9 Å². The van der Waals surface area contributed by atoms with E-state index >= 15 is 0 Å². The highest BCUT2D eigenvalue weighted by Gasteiger charge is 2.15. The van der Waals surface area contributed by atoms with E-state index in [1.54, 1.807) is 18.3 Å². The van der Waals surface area contributed by atoms with E-state index in [1.807, 2.05) is 35.0 Å². The van der Waals surface area contributed by atoms with Crippen LogP contribution in [0.2, 0.25) is 0 Å². The SMILES string of the molecule is CCCCn1nc(COc2ccccc2CC(=O)O)c2cc(-c3cccc4c(N)nccc34)ccc21. The number of carboxylic acid groups (broad SMARTS) is 1. The van der Waals surface area contributed by atoms with Crippen LogP contribution in [0.3, 0.4) is 0 Å². The number of ether oxygens (including phenoxy) is 1. The number of aliphatic carboxylic acids is 1. The molecule has 0 unspecified atom stereocenters. The van der Waals surface area contributed by atoms with E-state index in [2.05, 4.69) is 36.2 Å². The van der Waals surface area contributed by atoms with Crippen LogP contribution in [0, 0.1) is 0 Å². The predicted octanol–water partition coefficient (Wildman–Crippen LogP) is 5.84. The van der Waals surface area contributed by atoms with E-state index < -0.39 is 5.97 Å². The van der Waals surface area contributed by atoms with Crippen molar-refractivity contribution in [2.75, 3.05) is 5.73 Å². The standard InChI is InChI=1S/C29H28N4O3/c1-2-3-15-33-26-12-11-19(21-8-6-9-23-22(21)13-14-31-29(23)30)16-24(26)25(32-33)18-36-27-10-5-4-7-20(27)17-28(34)35/h4-14,16H,2-3,15,17-18H2,1H3,(H2,30,31)(H,34,35). The van der Waals surface area contributed by atoms with Gasteiger partial charge in [0.15, 0.2) is 0 Å². The molecule has 0 aliphatic carbocycles. The van der Waals surface area contributed by atoms with E-state index in [0.29, 0.717) is 17.1 Å². The van der Waals surface area contributed by atoms with E-state index in [0.717, 1.165) is 57.9 Å². The first-order chi connectivity index (χ1) is 17.5. The number of aryl methyl sites for hydroxylation is 1. The molecule has 0 atom stereocenters. The second-order valence-electron chi connectivity index (χ2n) is 8.82. The van der Waals surface area contributed by atoms with Crippen molar-refractivity contribution in [1.82, 2.24) is 14.8 Å². The van der Waals surface area contributed by atoms with Crippen molar-refractivity contribution < 1.29 is 14.6 Å². The van der Waals surface area contributed by atoms with E-state index in [1.165, 1.54) is 0 Å². The predicted molar refractivity (Wildman–Crippen MR) is 142 cm³/mol. The highest BCUT2D eigenvalue weighted by Crippen LogP contribution is 2.33. The second kappa shape index (κ2) is 10.1. The van der Waals surface area contributed by atoms with Crippen LogP contribution in [-0.4, -0.2) is 25.8 Å². The molecule has 5 rings (SSSR count). The maximum absolute atomic E-state index is 11.3. The summed E-state index contributed by atoms with van der Waals surface area (Å²) in [7, 11) is 0. The van der Waals surface area contributed by atoms with E-state index in [9.17, 15) is 9.90 Å². The lowest BCUT2D eigenvalue weighted by Crippen LogP contribution is -2.05. The summed E-state index contributed by atoms with van der Waals surface area (Å²) < 4.78 is 8.15. The number of aromatic nitrogens is 3. The van der Waals surface area contributed by atoms with Crippen LogP contribution >= 0.6 is 0 Å². The van der Waals surface area contributed by atoms with Crippen LogP contribution in [0.4, 0.5) is 5.82 Å². The number of nitrogens with two attached hydrogens (primary N) is 1. The number of carboxylic acids is 1. The molecule has 0 amide bonds. The zero-order chi connectivity index (χ0) is 25.1. The molecular formula is C29H28N4O3. The smallest absolute Gasteiger partial charge is 0.307 e. The van der Waals surface area contributed by atoms with E-state index in [4.69, 9.17) is 15.6 Å². The molecule has 7 nitrogen and oxygen atoms in total. The van der Waals surface area contributed by atoms with Gasteiger partial charge in [-0.25, -0.2) is 4.98 Å². The fourth-order valence-corrected chi connectivity index (χ4v) is 4.58. The van der Waals surface area contributed by atoms with Crippen molar-refractivity contribution in [3.63, 3.8) is 0 Å². The number of carbonyl (C=O) groups is 1. The summed E-state index contributed by atoms with van der Waals surface area (Å²) in [6.45, 7) is 3.22. The lowest BCUT2D eigenvalue weighted by Gasteiger charge is -2.10. The number of unbranched alkanes of at least 4 members (excludes halogenated alkanes) is 1. The number of rotatable bonds is 9. The van der Waals surface area contributed by atoms with Gasteiger partial charge >= 0.3 is 5.97 Å². The molecule has 2 heterocycles. The number of benzene rings is 3. The quantitative estimate of drug-likeness (QED) is 0.275. The Labute approximate surface area is 209 Å². The molecule has 0 saturated carbocycles. The molecule has 182 valence electrons. The summed E-state index contributed by atoms with van der Waals surface area (Å²) >= 11 is 0. The zero-order valence-corrected chi connectivity index (χ0v) is 20.1. The summed E-state index contributed by atoms with van der Waals surface area (Å²) in [5.74, 6) is 0.178. The molecule has 0 aliphatic heterocycles. The van der Waals surface area contributed by atoms with Gasteiger partial charge in [0.1, 0.15) is 23.9 Å². The number of nitrogen functional groups attached to an aromatic ring is 1. The van der Waals surface area contributed by atoms with Gasteiger partial charge in [-0.1, -0.05) is 55.8 Å². The van der Waals surface area contributed by atoms with Gasteiger partial charge in [0.2, 0.25) is 0 Å². The van der Waals surface area contributed by atoms with Gasteiger partial charge in [-0.15, -0.1) is 0 Å². The van der Waals surface area contributed by atoms with Gasteiger partial charge < -0.3 is 15.6 Å². The summed E-state index contributed by atoms with van der Waals surface area (Å²) in [6.07, 6.45) is 3.73. The van der Waals surface area contributed by atoms with Crippen LogP contribution in [-0.2, 0) is 24.4 Å². The number of anilines is 1. The number of fused-ring (bicyclic) bond motifs is 2. The van der Waals surface area contributed by atoms with Crippen molar-refractivity contribution >= 4 is 33.5 Å². The molecule has 0 saturated heterocycles. The highest BCUT2D eigenvalue weighted by molar-refractivity contribution is 6.02. The maximum Gasteiger partial charge on any atom is 0.307 e. The van der Waals surface area contributed by atoms with Crippen molar-refractivity contribution in [3.05, 3.63) is 84.2 Å². The Morgan fingerprint density at radius 3 is 2.72 bits per heavy atom. The van der Waals surface area contributed by atoms with Crippen molar-refractivity contribution in [1.29, 1.82) is 0 Å². The minimum absolute atomic E-state index is 0.0922. The third kappa shape index (κ3) is 4.60. The minimum atomic E-state index is -0.893. The van der Waals surface area contributed by atoms with E-state index in [-0.39, 0.29) is 13.0 Å². The summed E-state index contributed by atoms with van der Waals surface area (Å²) in [5, 5.41) is 17.1. The van der Waals surface area contributed by atoms with Gasteiger partial charge in [0, 0.05) is 29.1 Å². The normalized spacial score (nSPS) is 11.2. The molecule has 0 aliphatic rings. The third-order valence-electron chi connectivity index (χ3n) is 6.38. The fourth-order valence-electron chi connectivity index (χ4n) is 4.58. The molecule has 7 heteroatoms. The average Bonchev–Trinajstić information content (AvgIpc) is 3.23. The largest absolute Gasteiger partial charge is 0.487 e. The molecule has 0 radical (unpaired) electrons. The minimum Gasteiger partial charge on any atom is -0.487 e. The number of nitrogens with zero attached hydrogens (tertiary/aromatic N) is 3. The van der Waals surface area contributed by atoms with Crippen LogP contribution in [0.5, 0.6) is 5.75 Å². The molecular weight excluding hydrogens is 452 g/mol. The summed E-state index contributed by atoms with van der Waals surface area (Å²) in [4.78, 5) is 15.5. The first-order valence-electron chi connectivity index (χ1n) is 12.1. The van der Waals surface area contributed by atoms with Gasteiger partial charge in [-0.2, -0.15) is 5.10 Å². The highest BCUT2D eigenvalue weighted by atomic mass is 16.5. The lowest BCUT2D eigenvalue weighted by atomic mass is 9.97. The second-order valence-corrected chi connectivity index (χ2v) is 8.82. The maximum atomic E-state index is 11.3. The fraction of sp³-hybridized carbons (Fsp3) is 0.207. The van der Waals surface area contributed by atoms with Crippen LogP contribution in [0.1, 0.15) is 31.0 Å². The Morgan fingerprint density at radius 1 is 1.03 bits per heavy atom. The Hall–Kier alpha value is -4.39. The van der Waals surface area contributed by atoms with Crippen molar-refractivity contribution in [2.24, 2.45) is 0 Å². The Kier molecular flexibility index (Phi) is 6.54. The van der Waals surface area contributed by atoms with Crippen molar-refractivity contribution in [3.8, 4) is 16.9 Å². The molecule has 0 fully saturated rings. The molecule has 3 N–H and O–H groups in total. The Bertz CT molecular complexity index is 1560. The molecule has 36 heavy (non-hydrogen) atoms. The van der Waals surface area contributed by atoms with Crippen molar-refractivity contribution in [2.45, 2.75) is 39.3 Å². The molecule has 2 aromatic heterocycles. The van der Waals surface area contributed by atoms with Crippen LogP contribution in [0.25, 0.3) is 32.8 Å². The number of para-hydroxylation sites is 1. The topological polar surface area (TPSA) is 103 Å².